The van der Waals surface area contributed by atoms with Gasteiger partial charge < -0.3 is 24.6 Å². The number of hydrogen-bond acceptors (Lipinski definition) is 5. The van der Waals surface area contributed by atoms with Crippen molar-refractivity contribution in [3.05, 3.63) is 23.8 Å². The molecule has 0 aromatic heterocycles. The van der Waals surface area contributed by atoms with Gasteiger partial charge in [0.2, 0.25) is 0 Å². The van der Waals surface area contributed by atoms with E-state index in [1.165, 1.54) is 14.2 Å². The van der Waals surface area contributed by atoms with Crippen molar-refractivity contribution in [3.63, 3.8) is 0 Å². The van der Waals surface area contributed by atoms with Gasteiger partial charge in [-0.1, -0.05) is 20.3 Å². The van der Waals surface area contributed by atoms with Crippen molar-refractivity contribution in [1.29, 1.82) is 0 Å². The molecule has 2 unspecified atom stereocenters. The van der Waals surface area contributed by atoms with E-state index < -0.39 is 23.7 Å². The van der Waals surface area contributed by atoms with E-state index in [0.29, 0.717) is 23.5 Å². The highest BCUT2D eigenvalue weighted by Crippen LogP contribution is 2.32. The van der Waals surface area contributed by atoms with Crippen molar-refractivity contribution in [2.75, 3.05) is 14.2 Å². The van der Waals surface area contributed by atoms with E-state index in [1.54, 1.807) is 39.0 Å². The minimum Gasteiger partial charge on any atom is -0.497 e. The molecule has 25 heavy (non-hydrogen) atoms. The summed E-state index contributed by atoms with van der Waals surface area (Å²) in [4.78, 5) is 23.6. The Morgan fingerprint density at radius 2 is 1.68 bits per heavy atom. The number of alkyl carbamates (subject to hydrolysis) is 1. The largest absolute Gasteiger partial charge is 0.497 e. The number of carboxylic acid groups (broad SMARTS) is 1. The first-order valence-corrected chi connectivity index (χ1v) is 8.10. The van der Waals surface area contributed by atoms with Crippen molar-refractivity contribution in [3.8, 4) is 11.5 Å². The third-order valence-corrected chi connectivity index (χ3v) is 4.15. The minimum absolute atomic E-state index is 0.218. The smallest absolute Gasteiger partial charge is 0.408 e. The first-order chi connectivity index (χ1) is 11.6. The molecule has 2 atom stereocenters. The number of hydrogen-bond donors (Lipinski definition) is 2. The predicted molar refractivity (Wildman–Crippen MR) is 93.1 cm³/mol. The van der Waals surface area contributed by atoms with Gasteiger partial charge in [0.1, 0.15) is 23.1 Å². The van der Waals surface area contributed by atoms with E-state index >= 15 is 0 Å². The molecule has 0 aliphatic carbocycles. The average molecular weight is 353 g/mol. The number of methoxy groups -OCH3 is 2. The van der Waals surface area contributed by atoms with Crippen LogP contribution in [0, 0.1) is 5.92 Å². The Balaban J connectivity index is 2.96. The minimum atomic E-state index is -1.09. The van der Waals surface area contributed by atoms with Crippen LogP contribution in [-0.4, -0.2) is 37.4 Å². The van der Waals surface area contributed by atoms with Crippen molar-refractivity contribution < 1.29 is 28.9 Å². The normalized spacial score (nSPS) is 13.5. The standard InChI is InChI=1S/C18H27NO6/c1-7-11(2)15(16(20)21)19-17(22)25-18(3,4)12-8-13(23-5)10-14(9-12)24-6/h8-11,15H,7H2,1-6H3,(H,19,22)(H,20,21). The number of carbonyl (C=O) groups excluding carboxylic acids is 1. The molecule has 0 aliphatic rings. The lowest BCUT2D eigenvalue weighted by atomic mass is 9.97. The maximum Gasteiger partial charge on any atom is 0.408 e. The maximum atomic E-state index is 12.2. The molecular weight excluding hydrogens is 326 g/mol. The van der Waals surface area contributed by atoms with Gasteiger partial charge in [0, 0.05) is 11.6 Å². The highest BCUT2D eigenvalue weighted by Gasteiger charge is 2.31. The molecule has 1 rings (SSSR count). The number of nitrogens with one attached hydrogen (secondary N) is 1. The van der Waals surface area contributed by atoms with Crippen LogP contribution in [0.15, 0.2) is 18.2 Å². The molecule has 0 spiro atoms. The van der Waals surface area contributed by atoms with Crippen molar-refractivity contribution in [1.82, 2.24) is 5.32 Å². The molecule has 1 amide bonds. The summed E-state index contributed by atoms with van der Waals surface area (Å²) in [5.41, 5.74) is -0.348. The van der Waals surface area contributed by atoms with Crippen LogP contribution in [0.3, 0.4) is 0 Å². The molecule has 2 N–H and O–H groups in total. The van der Waals surface area contributed by atoms with Gasteiger partial charge in [-0.2, -0.15) is 0 Å². The topological polar surface area (TPSA) is 94.1 Å². The molecule has 0 radical (unpaired) electrons. The molecule has 0 saturated carbocycles. The summed E-state index contributed by atoms with van der Waals surface area (Å²) < 4.78 is 15.9. The molecule has 1 aromatic rings. The van der Waals surface area contributed by atoms with E-state index in [0.717, 1.165) is 0 Å². The zero-order chi connectivity index (χ0) is 19.2. The zero-order valence-electron chi connectivity index (χ0n) is 15.6. The second-order valence-corrected chi connectivity index (χ2v) is 6.35. The number of carboxylic acids is 1. The van der Waals surface area contributed by atoms with Crippen LogP contribution in [-0.2, 0) is 15.1 Å². The molecular formula is C18H27NO6. The van der Waals surface area contributed by atoms with Gasteiger partial charge >= 0.3 is 12.1 Å². The molecule has 0 aliphatic heterocycles. The number of carbonyl (C=O) groups is 2. The lowest BCUT2D eigenvalue weighted by Gasteiger charge is -2.28. The highest BCUT2D eigenvalue weighted by molar-refractivity contribution is 5.80. The molecule has 0 saturated heterocycles. The Morgan fingerprint density at radius 1 is 1.16 bits per heavy atom. The number of rotatable bonds is 8. The Bertz CT molecular complexity index is 591. The first-order valence-electron chi connectivity index (χ1n) is 8.10. The lowest BCUT2D eigenvalue weighted by molar-refractivity contribution is -0.140. The number of ether oxygens (including phenoxy) is 3. The Morgan fingerprint density at radius 3 is 2.08 bits per heavy atom. The third-order valence-electron chi connectivity index (χ3n) is 4.15. The van der Waals surface area contributed by atoms with Gasteiger partial charge in [-0.15, -0.1) is 0 Å². The van der Waals surface area contributed by atoms with E-state index in [9.17, 15) is 14.7 Å². The fraction of sp³-hybridized carbons (Fsp3) is 0.556. The fourth-order valence-corrected chi connectivity index (χ4v) is 2.29. The second kappa shape index (κ2) is 8.60. The van der Waals surface area contributed by atoms with Crippen molar-refractivity contribution in [2.24, 2.45) is 5.92 Å². The van der Waals surface area contributed by atoms with E-state index in [4.69, 9.17) is 14.2 Å². The average Bonchev–Trinajstić information content (AvgIpc) is 2.57. The van der Waals surface area contributed by atoms with Gasteiger partial charge in [-0.05, 0) is 31.9 Å². The van der Waals surface area contributed by atoms with Crippen LogP contribution in [0.4, 0.5) is 4.79 Å². The number of benzene rings is 1. The second-order valence-electron chi connectivity index (χ2n) is 6.35. The fourth-order valence-electron chi connectivity index (χ4n) is 2.29. The van der Waals surface area contributed by atoms with Gasteiger partial charge in [-0.3, -0.25) is 0 Å². The van der Waals surface area contributed by atoms with Gasteiger partial charge in [0.15, 0.2) is 0 Å². The monoisotopic (exact) mass is 353 g/mol. The Labute approximate surface area is 148 Å². The summed E-state index contributed by atoms with van der Waals surface area (Å²) in [6, 6.07) is 4.18. The molecule has 0 heterocycles. The summed E-state index contributed by atoms with van der Waals surface area (Å²) in [5, 5.41) is 11.7. The quantitative estimate of drug-likeness (QED) is 0.745. The molecule has 0 fully saturated rings. The molecule has 140 valence electrons. The van der Waals surface area contributed by atoms with Crippen LogP contribution < -0.4 is 14.8 Å². The maximum absolute atomic E-state index is 12.2. The van der Waals surface area contributed by atoms with E-state index in [1.807, 2.05) is 6.92 Å². The van der Waals surface area contributed by atoms with Crippen LogP contribution >= 0.6 is 0 Å². The first kappa shape index (κ1) is 20.6. The van der Waals surface area contributed by atoms with Gasteiger partial charge in [0.05, 0.1) is 14.2 Å². The molecule has 7 heteroatoms. The Kier molecular flexibility index (Phi) is 7.09. The van der Waals surface area contributed by atoms with Crippen LogP contribution in [0.1, 0.15) is 39.7 Å². The van der Waals surface area contributed by atoms with Crippen LogP contribution in [0.2, 0.25) is 0 Å². The van der Waals surface area contributed by atoms with E-state index in [-0.39, 0.29) is 5.92 Å². The Hall–Kier alpha value is -2.44. The molecule has 7 nitrogen and oxygen atoms in total. The SMILES string of the molecule is CCC(C)C(NC(=O)OC(C)(C)c1cc(OC)cc(OC)c1)C(=O)O. The molecule has 0 bridgehead atoms. The summed E-state index contributed by atoms with van der Waals surface area (Å²) in [7, 11) is 3.06. The zero-order valence-corrected chi connectivity index (χ0v) is 15.6. The van der Waals surface area contributed by atoms with E-state index in [2.05, 4.69) is 5.32 Å². The number of amides is 1. The summed E-state index contributed by atoms with van der Waals surface area (Å²) in [5.74, 6) is -0.180. The number of aliphatic carboxylic acids is 1. The van der Waals surface area contributed by atoms with Crippen molar-refractivity contribution >= 4 is 12.1 Å². The highest BCUT2D eigenvalue weighted by atomic mass is 16.6. The molecule has 1 aromatic carbocycles. The summed E-state index contributed by atoms with van der Waals surface area (Å²) in [6.45, 7) is 7.04. The lowest BCUT2D eigenvalue weighted by Crippen LogP contribution is -2.46. The summed E-state index contributed by atoms with van der Waals surface area (Å²) in [6.07, 6.45) is -0.173. The van der Waals surface area contributed by atoms with Crippen LogP contribution in [0.5, 0.6) is 11.5 Å². The van der Waals surface area contributed by atoms with Gasteiger partial charge in [-0.25, -0.2) is 9.59 Å². The third kappa shape index (κ3) is 5.55. The van der Waals surface area contributed by atoms with Gasteiger partial charge in [0.25, 0.3) is 0 Å². The predicted octanol–water partition coefficient (Wildman–Crippen LogP) is 3.16. The van der Waals surface area contributed by atoms with Crippen LogP contribution in [0.25, 0.3) is 0 Å². The van der Waals surface area contributed by atoms with Crippen molar-refractivity contribution in [2.45, 2.75) is 45.8 Å². The summed E-state index contributed by atoms with van der Waals surface area (Å²) >= 11 is 0.